The van der Waals surface area contributed by atoms with Crippen molar-refractivity contribution in [2.75, 3.05) is 5.75 Å². The summed E-state index contributed by atoms with van der Waals surface area (Å²) in [5.41, 5.74) is 3.63. The molecule has 106 valence electrons. The summed E-state index contributed by atoms with van der Waals surface area (Å²) in [6, 6.07) is 8.02. The number of thioether (sulfide) groups is 1. The SMILES string of the molecule is Cc1ccc(C)c(SC/C(=N/O)c2cc(Cl)sc2Cl)c1. The third kappa shape index (κ3) is 3.70. The number of hydrogen-bond donors (Lipinski definition) is 1. The van der Waals surface area contributed by atoms with E-state index in [0.29, 0.717) is 25.7 Å². The molecule has 6 heteroatoms. The van der Waals surface area contributed by atoms with Crippen molar-refractivity contribution in [3.8, 4) is 0 Å². The van der Waals surface area contributed by atoms with E-state index in [2.05, 4.69) is 37.2 Å². The quantitative estimate of drug-likeness (QED) is 0.336. The molecule has 0 atom stereocenters. The minimum Gasteiger partial charge on any atom is -0.411 e. The second-order valence-electron chi connectivity index (χ2n) is 4.34. The molecule has 0 amide bonds. The van der Waals surface area contributed by atoms with Gasteiger partial charge in [0.25, 0.3) is 0 Å². The molecule has 0 unspecified atom stereocenters. The third-order valence-electron chi connectivity index (χ3n) is 2.80. The van der Waals surface area contributed by atoms with Crippen molar-refractivity contribution in [1.82, 2.24) is 0 Å². The van der Waals surface area contributed by atoms with E-state index >= 15 is 0 Å². The highest BCUT2D eigenvalue weighted by Gasteiger charge is 2.14. The Hall–Kier alpha value is -0.680. The Morgan fingerprint density at radius 2 is 2.05 bits per heavy atom. The summed E-state index contributed by atoms with van der Waals surface area (Å²) < 4.78 is 1.13. The lowest BCUT2D eigenvalue weighted by atomic mass is 10.2. The molecule has 2 aromatic rings. The van der Waals surface area contributed by atoms with Crippen molar-refractivity contribution in [1.29, 1.82) is 0 Å². The Labute approximate surface area is 136 Å². The van der Waals surface area contributed by atoms with Crippen LogP contribution in [-0.2, 0) is 0 Å². The van der Waals surface area contributed by atoms with Crippen LogP contribution in [0.15, 0.2) is 34.3 Å². The predicted octanol–water partition coefficient (Wildman–Crippen LogP) is 5.64. The lowest BCUT2D eigenvalue weighted by molar-refractivity contribution is 0.319. The molecule has 0 radical (unpaired) electrons. The first-order chi connectivity index (χ1) is 9.51. The van der Waals surface area contributed by atoms with Gasteiger partial charge in [-0.3, -0.25) is 0 Å². The van der Waals surface area contributed by atoms with Gasteiger partial charge in [0.1, 0.15) is 4.34 Å². The maximum Gasteiger partial charge on any atom is 0.104 e. The van der Waals surface area contributed by atoms with E-state index in [0.717, 1.165) is 0 Å². The summed E-state index contributed by atoms with van der Waals surface area (Å²) >= 11 is 14.9. The molecule has 1 N–H and O–H groups in total. The van der Waals surface area contributed by atoms with Crippen LogP contribution in [0.5, 0.6) is 0 Å². The van der Waals surface area contributed by atoms with Crippen LogP contribution in [0.2, 0.25) is 8.67 Å². The summed E-state index contributed by atoms with van der Waals surface area (Å²) in [5.74, 6) is 0.535. The Morgan fingerprint density at radius 1 is 1.30 bits per heavy atom. The zero-order valence-electron chi connectivity index (χ0n) is 11.0. The van der Waals surface area contributed by atoms with Gasteiger partial charge in [-0.25, -0.2) is 0 Å². The summed E-state index contributed by atoms with van der Waals surface area (Å²) in [5, 5.41) is 12.6. The molecule has 0 aliphatic rings. The summed E-state index contributed by atoms with van der Waals surface area (Å²) in [6.45, 7) is 4.12. The fourth-order valence-electron chi connectivity index (χ4n) is 1.71. The van der Waals surface area contributed by atoms with Crippen LogP contribution in [0.3, 0.4) is 0 Å². The number of hydrogen-bond acceptors (Lipinski definition) is 4. The Morgan fingerprint density at radius 3 is 2.65 bits per heavy atom. The third-order valence-corrected chi connectivity index (χ3v) is 5.45. The molecular formula is C14H13Cl2NOS2. The van der Waals surface area contributed by atoms with Crippen LogP contribution >= 0.6 is 46.3 Å². The predicted molar refractivity (Wildman–Crippen MR) is 89.3 cm³/mol. The van der Waals surface area contributed by atoms with Crippen LogP contribution < -0.4 is 0 Å². The molecule has 0 saturated heterocycles. The highest BCUT2D eigenvalue weighted by Crippen LogP contribution is 2.33. The van der Waals surface area contributed by atoms with Crippen molar-refractivity contribution in [2.24, 2.45) is 5.16 Å². The topological polar surface area (TPSA) is 32.6 Å². The standard InChI is InChI=1S/C14H13Cl2NOS2/c1-8-3-4-9(2)12(5-8)19-7-11(17-18)10-6-13(15)20-14(10)16/h3-6,18H,7H2,1-2H3/b17-11-. The largest absolute Gasteiger partial charge is 0.411 e. The number of oxime groups is 1. The van der Waals surface area contributed by atoms with Gasteiger partial charge in [-0.1, -0.05) is 46.1 Å². The van der Waals surface area contributed by atoms with Gasteiger partial charge in [0, 0.05) is 16.2 Å². The first-order valence-electron chi connectivity index (χ1n) is 5.87. The Kier molecular flexibility index (Phi) is 5.38. The lowest BCUT2D eigenvalue weighted by Gasteiger charge is -2.07. The summed E-state index contributed by atoms with van der Waals surface area (Å²) in [7, 11) is 0. The zero-order chi connectivity index (χ0) is 14.7. The number of thiophene rings is 1. The molecule has 0 spiro atoms. The first-order valence-corrected chi connectivity index (χ1v) is 8.43. The van der Waals surface area contributed by atoms with Crippen molar-refractivity contribution < 1.29 is 5.21 Å². The van der Waals surface area contributed by atoms with E-state index in [1.165, 1.54) is 27.4 Å². The van der Waals surface area contributed by atoms with E-state index in [1.54, 1.807) is 17.8 Å². The molecule has 1 aromatic carbocycles. The molecule has 1 aromatic heterocycles. The van der Waals surface area contributed by atoms with Crippen molar-refractivity contribution in [2.45, 2.75) is 18.7 Å². The van der Waals surface area contributed by atoms with Crippen molar-refractivity contribution in [3.05, 3.63) is 49.6 Å². The zero-order valence-corrected chi connectivity index (χ0v) is 14.1. The second kappa shape index (κ2) is 6.85. The Balaban J connectivity index is 2.16. The van der Waals surface area contributed by atoms with Gasteiger partial charge >= 0.3 is 0 Å². The fourth-order valence-corrected chi connectivity index (χ4v) is 4.28. The molecule has 0 fully saturated rings. The number of nitrogens with zero attached hydrogens (tertiary/aromatic N) is 1. The normalized spacial score (nSPS) is 11.9. The monoisotopic (exact) mass is 345 g/mol. The first kappa shape index (κ1) is 15.7. The smallest absolute Gasteiger partial charge is 0.104 e. The van der Waals surface area contributed by atoms with E-state index in [4.69, 9.17) is 23.2 Å². The van der Waals surface area contributed by atoms with Gasteiger partial charge in [-0.15, -0.1) is 23.1 Å². The van der Waals surface area contributed by atoms with Gasteiger partial charge < -0.3 is 5.21 Å². The lowest BCUT2D eigenvalue weighted by Crippen LogP contribution is -2.04. The van der Waals surface area contributed by atoms with Crippen LogP contribution in [-0.4, -0.2) is 16.7 Å². The van der Waals surface area contributed by atoms with Gasteiger partial charge in [-0.05, 0) is 31.5 Å². The van der Waals surface area contributed by atoms with E-state index in [-0.39, 0.29) is 0 Å². The molecule has 1 heterocycles. The maximum absolute atomic E-state index is 9.19. The molecule has 0 aliphatic carbocycles. The van der Waals surface area contributed by atoms with Gasteiger partial charge in [-0.2, -0.15) is 0 Å². The minimum absolute atomic E-state index is 0.532. The molecule has 2 rings (SSSR count). The molecular weight excluding hydrogens is 333 g/mol. The van der Waals surface area contributed by atoms with Crippen LogP contribution in [0, 0.1) is 13.8 Å². The fraction of sp³-hybridized carbons (Fsp3) is 0.214. The molecule has 2 nitrogen and oxygen atoms in total. The number of aryl methyl sites for hydroxylation is 2. The van der Waals surface area contributed by atoms with Crippen molar-refractivity contribution >= 4 is 52.0 Å². The van der Waals surface area contributed by atoms with E-state index in [1.807, 2.05) is 0 Å². The van der Waals surface area contributed by atoms with Crippen molar-refractivity contribution in [3.63, 3.8) is 0 Å². The highest BCUT2D eigenvalue weighted by atomic mass is 35.5. The van der Waals surface area contributed by atoms with E-state index in [9.17, 15) is 5.21 Å². The number of rotatable bonds is 4. The molecule has 0 aliphatic heterocycles. The molecule has 20 heavy (non-hydrogen) atoms. The highest BCUT2D eigenvalue weighted by molar-refractivity contribution is 8.00. The number of halogens is 2. The molecule has 0 saturated carbocycles. The average Bonchev–Trinajstić information content (AvgIpc) is 2.73. The van der Waals surface area contributed by atoms with Crippen LogP contribution in [0.4, 0.5) is 0 Å². The summed E-state index contributed by atoms with van der Waals surface area (Å²) in [6.07, 6.45) is 0. The second-order valence-corrected chi connectivity index (χ2v) is 7.64. The van der Waals surface area contributed by atoms with Crippen LogP contribution in [0.25, 0.3) is 0 Å². The Bertz CT molecular complexity index is 653. The maximum atomic E-state index is 9.19. The van der Waals surface area contributed by atoms with Gasteiger partial charge in [0.05, 0.1) is 10.0 Å². The van der Waals surface area contributed by atoms with Gasteiger partial charge in [0.2, 0.25) is 0 Å². The number of benzene rings is 1. The van der Waals surface area contributed by atoms with Gasteiger partial charge in [0.15, 0.2) is 0 Å². The summed E-state index contributed by atoms with van der Waals surface area (Å²) in [4.78, 5) is 1.17. The van der Waals surface area contributed by atoms with Crippen LogP contribution in [0.1, 0.15) is 16.7 Å². The van der Waals surface area contributed by atoms with E-state index < -0.39 is 0 Å². The minimum atomic E-state index is 0.532. The molecule has 0 bridgehead atoms. The average molecular weight is 346 g/mol.